The first kappa shape index (κ1) is 20.6. The molecule has 4 aromatic rings. The fourth-order valence-corrected chi connectivity index (χ4v) is 5.87. The molecule has 4 N–H and O–H groups in total. The maximum Gasteiger partial charge on any atom is 0.354 e. The van der Waals surface area contributed by atoms with Crippen molar-refractivity contribution in [3.63, 3.8) is 0 Å². The highest BCUT2D eigenvalue weighted by Gasteiger charge is 2.29. The minimum absolute atomic E-state index is 0.0593. The first-order valence-corrected chi connectivity index (χ1v) is 12.2. The van der Waals surface area contributed by atoms with Gasteiger partial charge in [-0.3, -0.25) is 14.5 Å². The second kappa shape index (κ2) is 7.99. The van der Waals surface area contributed by atoms with Crippen LogP contribution < -0.4 is 5.43 Å². The van der Waals surface area contributed by atoms with E-state index >= 15 is 0 Å². The third-order valence-corrected chi connectivity index (χ3v) is 7.89. The van der Waals surface area contributed by atoms with E-state index in [0.717, 1.165) is 10.2 Å². The van der Waals surface area contributed by atoms with Gasteiger partial charge in [0.2, 0.25) is 5.13 Å². The Labute approximate surface area is 188 Å². The third kappa shape index (κ3) is 3.84. The van der Waals surface area contributed by atoms with Crippen LogP contribution in [0.4, 0.5) is 5.13 Å². The molecule has 10 heteroatoms. The van der Waals surface area contributed by atoms with Gasteiger partial charge in [0, 0.05) is 23.3 Å². The van der Waals surface area contributed by atoms with Crippen LogP contribution in [0.1, 0.15) is 22.5 Å². The summed E-state index contributed by atoms with van der Waals surface area (Å²) in [6.07, 6.45) is 0.374. The number of carboxylic acid groups (broad SMARTS) is 1. The molecule has 2 aromatic heterocycles. The van der Waals surface area contributed by atoms with Gasteiger partial charge in [-0.25, -0.2) is 14.8 Å². The fourth-order valence-electron chi connectivity index (χ4n) is 3.55. The Balaban J connectivity index is 1.54. The molecule has 2 aromatic carbocycles. The van der Waals surface area contributed by atoms with E-state index < -0.39 is 16.6 Å². The van der Waals surface area contributed by atoms with Crippen molar-refractivity contribution in [2.24, 2.45) is 5.10 Å². The number of aromatic carboxylic acids is 1. The van der Waals surface area contributed by atoms with Crippen molar-refractivity contribution >= 4 is 49.0 Å². The molecule has 0 aliphatic carbocycles. The molecule has 5 rings (SSSR count). The first-order valence-electron chi connectivity index (χ1n) is 9.70. The molecule has 0 bridgehead atoms. The van der Waals surface area contributed by atoms with Gasteiger partial charge in [-0.15, -0.1) is 0 Å². The lowest BCUT2D eigenvalue weighted by Crippen LogP contribution is -2.20. The number of hydrogen-bond donors (Lipinski definition) is 4. The molecule has 0 unspecified atom stereocenters. The number of carboxylic acids is 1. The van der Waals surface area contributed by atoms with Crippen LogP contribution >= 0.6 is 21.9 Å². The van der Waals surface area contributed by atoms with Gasteiger partial charge < -0.3 is 5.11 Å². The van der Waals surface area contributed by atoms with Crippen LogP contribution in [-0.4, -0.2) is 41.6 Å². The minimum Gasteiger partial charge on any atom is -0.477 e. The van der Waals surface area contributed by atoms with Crippen molar-refractivity contribution in [2.45, 2.75) is 11.3 Å². The number of thiazole rings is 1. The summed E-state index contributed by atoms with van der Waals surface area (Å²) in [6.45, 7) is 0. The Kier molecular flexibility index (Phi) is 5.14. The molecule has 0 radical (unpaired) electrons. The highest BCUT2D eigenvalue weighted by molar-refractivity contribution is 8.24. The minimum atomic E-state index is -2.94. The number of aromatic nitrogens is 2. The summed E-state index contributed by atoms with van der Waals surface area (Å²) in [5.74, 6) is -0.923. The number of benzene rings is 2. The van der Waals surface area contributed by atoms with E-state index in [9.17, 15) is 19.0 Å². The summed E-state index contributed by atoms with van der Waals surface area (Å²) in [5.41, 5.74) is 6.24. The number of carbonyl (C=O) groups is 1. The molecule has 3 heterocycles. The average molecular weight is 467 g/mol. The third-order valence-electron chi connectivity index (χ3n) is 5.11. The Morgan fingerprint density at radius 2 is 1.91 bits per heavy atom. The zero-order chi connectivity index (χ0) is 22.3. The molecule has 1 aliphatic rings. The number of anilines is 1. The number of nitrogens with zero attached hydrogens (tertiary/aromatic N) is 3. The molecular weight excluding hydrogens is 448 g/mol. The van der Waals surface area contributed by atoms with E-state index in [1.807, 2.05) is 24.3 Å². The Bertz CT molecular complexity index is 1350. The van der Waals surface area contributed by atoms with E-state index in [4.69, 9.17) is 0 Å². The van der Waals surface area contributed by atoms with Crippen LogP contribution in [0, 0.1) is 0 Å². The summed E-state index contributed by atoms with van der Waals surface area (Å²) in [5, 5.41) is 14.4. The van der Waals surface area contributed by atoms with Crippen molar-refractivity contribution in [1.29, 1.82) is 0 Å². The number of pyridine rings is 1. The SMILES string of the molecule is O=C(O)c1cccc(-c2ccc3c(c2)C(=NNc2nc4ccccc4s2)CCS3(O)O)n1. The summed E-state index contributed by atoms with van der Waals surface area (Å²) < 4.78 is 22.2. The summed E-state index contributed by atoms with van der Waals surface area (Å²) in [7, 11) is -2.94. The van der Waals surface area contributed by atoms with E-state index in [1.165, 1.54) is 17.4 Å². The van der Waals surface area contributed by atoms with Crippen LogP contribution in [-0.2, 0) is 0 Å². The molecule has 0 saturated heterocycles. The predicted octanol–water partition coefficient (Wildman–Crippen LogP) is 5.39. The lowest BCUT2D eigenvalue weighted by molar-refractivity contribution is 0.0690. The maximum absolute atomic E-state index is 11.3. The molecule has 162 valence electrons. The summed E-state index contributed by atoms with van der Waals surface area (Å²) in [4.78, 5) is 20.4. The van der Waals surface area contributed by atoms with Crippen LogP contribution in [0.25, 0.3) is 21.5 Å². The van der Waals surface area contributed by atoms with Gasteiger partial charge in [0.15, 0.2) is 0 Å². The van der Waals surface area contributed by atoms with Crippen LogP contribution in [0.5, 0.6) is 0 Å². The number of para-hydroxylation sites is 1. The van der Waals surface area contributed by atoms with E-state index in [1.54, 1.807) is 30.3 Å². The monoisotopic (exact) mass is 466 g/mol. The Morgan fingerprint density at radius 1 is 1.06 bits per heavy atom. The molecule has 8 nitrogen and oxygen atoms in total. The van der Waals surface area contributed by atoms with Crippen LogP contribution in [0.3, 0.4) is 0 Å². The van der Waals surface area contributed by atoms with Crippen molar-refractivity contribution in [3.8, 4) is 11.3 Å². The van der Waals surface area contributed by atoms with Gasteiger partial charge in [-0.1, -0.05) is 35.6 Å². The van der Waals surface area contributed by atoms with Gasteiger partial charge in [-0.2, -0.15) is 15.7 Å². The van der Waals surface area contributed by atoms with E-state index in [2.05, 4.69) is 20.5 Å². The van der Waals surface area contributed by atoms with Gasteiger partial charge in [0.1, 0.15) is 5.69 Å². The largest absolute Gasteiger partial charge is 0.477 e. The second-order valence-corrected chi connectivity index (χ2v) is 10.4. The highest BCUT2D eigenvalue weighted by Crippen LogP contribution is 2.53. The van der Waals surface area contributed by atoms with Crippen molar-refractivity contribution in [2.75, 3.05) is 11.2 Å². The summed E-state index contributed by atoms with van der Waals surface area (Å²) >= 11 is 1.48. The van der Waals surface area contributed by atoms with Crippen LogP contribution in [0.15, 0.2) is 70.7 Å². The van der Waals surface area contributed by atoms with Gasteiger partial charge >= 0.3 is 5.97 Å². The van der Waals surface area contributed by atoms with Crippen molar-refractivity contribution in [3.05, 3.63) is 71.9 Å². The zero-order valence-electron chi connectivity index (χ0n) is 16.6. The molecule has 0 fully saturated rings. The summed E-state index contributed by atoms with van der Waals surface area (Å²) in [6, 6.07) is 17.7. The van der Waals surface area contributed by atoms with E-state index in [-0.39, 0.29) is 11.4 Å². The molecule has 1 aliphatic heterocycles. The molecule has 0 saturated carbocycles. The molecule has 0 atom stereocenters. The first-order chi connectivity index (χ1) is 15.4. The normalized spacial score (nSPS) is 17.1. The van der Waals surface area contributed by atoms with E-state index in [0.29, 0.717) is 39.0 Å². The number of hydrazone groups is 1. The fraction of sp³-hybridized carbons (Fsp3) is 0.0909. The van der Waals surface area contributed by atoms with Crippen LogP contribution in [0.2, 0.25) is 0 Å². The predicted molar refractivity (Wildman–Crippen MR) is 127 cm³/mol. The molecular formula is C22H18N4O4S2. The second-order valence-electron chi connectivity index (χ2n) is 7.20. The number of nitrogens with one attached hydrogen (secondary N) is 1. The Hall–Kier alpha value is -3.31. The number of hydrogen-bond acceptors (Lipinski definition) is 8. The zero-order valence-corrected chi connectivity index (χ0v) is 18.2. The van der Waals surface area contributed by atoms with Crippen molar-refractivity contribution < 1.29 is 19.0 Å². The van der Waals surface area contributed by atoms with Crippen molar-refractivity contribution in [1.82, 2.24) is 9.97 Å². The highest BCUT2D eigenvalue weighted by atomic mass is 32.3. The van der Waals surface area contributed by atoms with Gasteiger partial charge in [0.05, 0.1) is 26.5 Å². The smallest absolute Gasteiger partial charge is 0.354 e. The maximum atomic E-state index is 11.3. The molecule has 0 spiro atoms. The molecule has 32 heavy (non-hydrogen) atoms. The molecule has 0 amide bonds. The lowest BCUT2D eigenvalue weighted by atomic mass is 10.0. The standard InChI is InChI=1S/C22H18N4O4S2/c27-21(28)18-6-3-5-15(23-18)13-8-9-20-14(12-13)16(10-11-32(20,29)30)25-26-22-24-17-4-1-2-7-19(17)31-22/h1-9,12,29-30H,10-11H2,(H,24,26)(H,27,28). The Morgan fingerprint density at radius 3 is 2.72 bits per heavy atom. The van der Waals surface area contributed by atoms with Gasteiger partial charge in [0.25, 0.3) is 0 Å². The topological polar surface area (TPSA) is 128 Å². The van der Waals surface area contributed by atoms with Gasteiger partial charge in [-0.05, 0) is 36.4 Å². The average Bonchev–Trinajstić information content (AvgIpc) is 3.21. The number of fused-ring (bicyclic) bond motifs is 2. The lowest BCUT2D eigenvalue weighted by Gasteiger charge is -2.38. The quantitative estimate of drug-likeness (QED) is 0.297. The number of rotatable bonds is 4.